The first kappa shape index (κ1) is 13.5. The van der Waals surface area contributed by atoms with Gasteiger partial charge in [-0.25, -0.2) is 0 Å². The maximum Gasteiger partial charge on any atom is 0.0408 e. The zero-order valence-electron chi connectivity index (χ0n) is 11.7. The highest BCUT2D eigenvalue weighted by Crippen LogP contribution is 2.55. The van der Waals surface area contributed by atoms with Crippen molar-refractivity contribution in [2.24, 2.45) is 17.8 Å². The molecule has 0 amide bonds. The van der Waals surface area contributed by atoms with Crippen molar-refractivity contribution in [2.45, 2.75) is 45.1 Å². The van der Waals surface area contributed by atoms with Gasteiger partial charge in [0.25, 0.3) is 0 Å². The molecule has 1 aromatic carbocycles. The summed E-state index contributed by atoms with van der Waals surface area (Å²) < 4.78 is 0. The van der Waals surface area contributed by atoms with Gasteiger partial charge in [-0.2, -0.15) is 0 Å². The van der Waals surface area contributed by atoms with E-state index in [9.17, 15) is 0 Å². The zero-order chi connectivity index (χ0) is 13.2. The predicted molar refractivity (Wildman–Crippen MR) is 81.6 cm³/mol. The Bertz CT molecular complexity index is 421. The number of halogens is 1. The fraction of sp³-hybridized carbons (Fsp3) is 0.647. The normalized spacial score (nSPS) is 30.1. The second-order valence-corrected chi connectivity index (χ2v) is 6.82. The topological polar surface area (TPSA) is 12.0 Å². The number of hydrogen-bond acceptors (Lipinski definition) is 1. The molecule has 2 aliphatic carbocycles. The molecule has 3 unspecified atom stereocenters. The van der Waals surface area contributed by atoms with Crippen LogP contribution in [-0.2, 0) is 6.42 Å². The Morgan fingerprint density at radius 3 is 2.74 bits per heavy atom. The van der Waals surface area contributed by atoms with E-state index in [1.165, 1.54) is 31.2 Å². The van der Waals surface area contributed by atoms with E-state index < -0.39 is 0 Å². The highest BCUT2D eigenvalue weighted by molar-refractivity contribution is 6.30. The Labute approximate surface area is 121 Å². The van der Waals surface area contributed by atoms with Crippen molar-refractivity contribution in [1.82, 2.24) is 5.32 Å². The molecule has 1 aromatic rings. The first-order chi connectivity index (χ1) is 9.26. The molecule has 2 saturated carbocycles. The molecule has 0 radical (unpaired) electrons. The Kier molecular flexibility index (Phi) is 4.14. The van der Waals surface area contributed by atoms with Gasteiger partial charge in [0.2, 0.25) is 0 Å². The monoisotopic (exact) mass is 277 g/mol. The Hall–Kier alpha value is -0.530. The highest BCUT2D eigenvalue weighted by atomic mass is 35.5. The van der Waals surface area contributed by atoms with Crippen LogP contribution in [0.5, 0.6) is 0 Å². The average molecular weight is 278 g/mol. The summed E-state index contributed by atoms with van der Waals surface area (Å²) in [5.41, 5.74) is 1.38. The first-order valence-corrected chi connectivity index (χ1v) is 8.12. The van der Waals surface area contributed by atoms with E-state index in [4.69, 9.17) is 11.6 Å². The SMILES string of the molecule is CCCNC(Cc1cccc(Cl)c1)C1CC2CC2C1. The fourth-order valence-corrected chi connectivity index (χ4v) is 3.96. The molecular weight excluding hydrogens is 254 g/mol. The maximum atomic E-state index is 6.10. The van der Waals surface area contributed by atoms with Crippen LogP contribution in [0.15, 0.2) is 24.3 Å². The summed E-state index contributed by atoms with van der Waals surface area (Å²) in [6.45, 7) is 3.38. The van der Waals surface area contributed by atoms with Crippen molar-refractivity contribution in [2.75, 3.05) is 6.54 Å². The number of benzene rings is 1. The van der Waals surface area contributed by atoms with Gasteiger partial charge >= 0.3 is 0 Å². The first-order valence-electron chi connectivity index (χ1n) is 7.74. The number of fused-ring (bicyclic) bond motifs is 1. The number of rotatable bonds is 6. The summed E-state index contributed by atoms with van der Waals surface area (Å²) in [5, 5.41) is 4.64. The van der Waals surface area contributed by atoms with Crippen molar-refractivity contribution < 1.29 is 0 Å². The van der Waals surface area contributed by atoms with Crippen LogP contribution >= 0.6 is 11.6 Å². The molecule has 0 aliphatic heterocycles. The third kappa shape index (κ3) is 3.32. The summed E-state index contributed by atoms with van der Waals surface area (Å²) in [7, 11) is 0. The van der Waals surface area contributed by atoms with Crippen LogP contribution in [0.25, 0.3) is 0 Å². The molecule has 0 bridgehead atoms. The van der Waals surface area contributed by atoms with Crippen molar-refractivity contribution in [3.05, 3.63) is 34.9 Å². The van der Waals surface area contributed by atoms with E-state index in [0.717, 1.165) is 35.7 Å². The van der Waals surface area contributed by atoms with E-state index in [-0.39, 0.29) is 0 Å². The number of hydrogen-bond donors (Lipinski definition) is 1. The molecule has 3 rings (SSSR count). The van der Waals surface area contributed by atoms with Crippen molar-refractivity contribution in [3.8, 4) is 0 Å². The lowest BCUT2D eigenvalue weighted by Gasteiger charge is -2.26. The van der Waals surface area contributed by atoms with Gasteiger partial charge in [-0.05, 0) is 74.1 Å². The molecule has 0 spiro atoms. The van der Waals surface area contributed by atoms with E-state index in [1.54, 1.807) is 0 Å². The molecule has 0 aromatic heterocycles. The molecule has 0 heterocycles. The minimum absolute atomic E-state index is 0.645. The van der Waals surface area contributed by atoms with E-state index in [0.29, 0.717) is 6.04 Å². The summed E-state index contributed by atoms with van der Waals surface area (Å²) in [5.74, 6) is 3.01. The van der Waals surface area contributed by atoms with Crippen LogP contribution in [0, 0.1) is 17.8 Å². The van der Waals surface area contributed by atoms with Crippen LogP contribution in [0.2, 0.25) is 5.02 Å². The van der Waals surface area contributed by atoms with Crippen molar-refractivity contribution >= 4 is 11.6 Å². The molecule has 1 nitrogen and oxygen atoms in total. The van der Waals surface area contributed by atoms with Gasteiger partial charge in [-0.1, -0.05) is 30.7 Å². The summed E-state index contributed by atoms with van der Waals surface area (Å²) in [6.07, 6.45) is 6.75. The van der Waals surface area contributed by atoms with Crippen molar-refractivity contribution in [3.63, 3.8) is 0 Å². The maximum absolute atomic E-state index is 6.10. The van der Waals surface area contributed by atoms with Crippen LogP contribution in [0.4, 0.5) is 0 Å². The van der Waals surface area contributed by atoms with Crippen LogP contribution < -0.4 is 5.32 Å². The molecule has 0 saturated heterocycles. The van der Waals surface area contributed by atoms with Gasteiger partial charge in [0.05, 0.1) is 0 Å². The molecule has 19 heavy (non-hydrogen) atoms. The van der Waals surface area contributed by atoms with Gasteiger partial charge < -0.3 is 5.32 Å². The largest absolute Gasteiger partial charge is 0.313 e. The minimum atomic E-state index is 0.645. The molecular formula is C17H24ClN. The van der Waals surface area contributed by atoms with Gasteiger partial charge in [0.15, 0.2) is 0 Å². The number of nitrogens with one attached hydrogen (secondary N) is 1. The lowest BCUT2D eigenvalue weighted by molar-refractivity contribution is 0.332. The van der Waals surface area contributed by atoms with E-state index >= 15 is 0 Å². The second kappa shape index (κ2) is 5.85. The van der Waals surface area contributed by atoms with Crippen LogP contribution in [0.1, 0.15) is 38.2 Å². The zero-order valence-corrected chi connectivity index (χ0v) is 12.5. The molecule has 2 heteroatoms. The second-order valence-electron chi connectivity index (χ2n) is 6.38. The molecule has 1 N–H and O–H groups in total. The minimum Gasteiger partial charge on any atom is -0.313 e. The standard InChI is InChI=1S/C17H24ClN/c1-2-6-19-17(15-10-13-9-14(13)11-15)8-12-4-3-5-16(18)7-12/h3-5,7,13-15,17,19H,2,6,8-11H2,1H3. The Balaban J connectivity index is 1.64. The lowest BCUT2D eigenvalue weighted by atomic mass is 9.89. The predicted octanol–water partition coefficient (Wildman–Crippen LogP) is 4.30. The Morgan fingerprint density at radius 1 is 1.26 bits per heavy atom. The smallest absolute Gasteiger partial charge is 0.0408 e. The summed E-state index contributed by atoms with van der Waals surface area (Å²) in [6, 6.07) is 9.01. The molecule has 3 atom stereocenters. The molecule has 104 valence electrons. The highest BCUT2D eigenvalue weighted by Gasteiger charge is 2.47. The van der Waals surface area contributed by atoms with Gasteiger partial charge in [-0.15, -0.1) is 0 Å². The fourth-order valence-electron chi connectivity index (χ4n) is 3.74. The van der Waals surface area contributed by atoms with E-state index in [1.807, 2.05) is 6.07 Å². The van der Waals surface area contributed by atoms with Crippen LogP contribution in [-0.4, -0.2) is 12.6 Å². The third-order valence-electron chi connectivity index (χ3n) is 4.85. The summed E-state index contributed by atoms with van der Waals surface area (Å²) >= 11 is 6.10. The average Bonchev–Trinajstić information content (AvgIpc) is 3.01. The molecule has 2 fully saturated rings. The van der Waals surface area contributed by atoms with Gasteiger partial charge in [0.1, 0.15) is 0 Å². The lowest BCUT2D eigenvalue weighted by Crippen LogP contribution is -2.38. The quantitative estimate of drug-likeness (QED) is 0.818. The summed E-state index contributed by atoms with van der Waals surface area (Å²) in [4.78, 5) is 0. The van der Waals surface area contributed by atoms with Crippen LogP contribution in [0.3, 0.4) is 0 Å². The third-order valence-corrected chi connectivity index (χ3v) is 5.09. The van der Waals surface area contributed by atoms with Gasteiger partial charge in [0, 0.05) is 11.1 Å². The Morgan fingerprint density at radius 2 is 2.05 bits per heavy atom. The van der Waals surface area contributed by atoms with Gasteiger partial charge in [-0.3, -0.25) is 0 Å². The molecule has 2 aliphatic rings. The van der Waals surface area contributed by atoms with E-state index in [2.05, 4.69) is 30.4 Å². The van der Waals surface area contributed by atoms with Crippen molar-refractivity contribution in [1.29, 1.82) is 0 Å².